The average molecular weight is 477 g/mol. The van der Waals surface area contributed by atoms with Crippen LogP contribution in [-0.2, 0) is 11.3 Å². The van der Waals surface area contributed by atoms with Crippen LogP contribution in [0.2, 0.25) is 0 Å². The van der Waals surface area contributed by atoms with Gasteiger partial charge in [0.05, 0.1) is 31.1 Å². The Hall–Kier alpha value is -3.89. The van der Waals surface area contributed by atoms with E-state index in [1.54, 1.807) is 18.2 Å². The molecule has 1 aliphatic rings. The summed E-state index contributed by atoms with van der Waals surface area (Å²) in [5, 5.41) is 0.419. The molecule has 0 bridgehead atoms. The van der Waals surface area contributed by atoms with Gasteiger partial charge in [-0.05, 0) is 56.3 Å². The molecule has 0 aliphatic carbocycles. The van der Waals surface area contributed by atoms with Crippen molar-refractivity contribution in [3.05, 3.63) is 60.0 Å². The first-order valence-corrected chi connectivity index (χ1v) is 10.1. The second-order valence-corrected chi connectivity index (χ2v) is 8.08. The SMILES string of the molecule is COc1ccc2ncc(F)c(CN3C(=O)N(c4ccc(OC(F)(F)F)cc4)C(=O)C3(C)C)c2c1. The lowest BCUT2D eigenvalue weighted by Crippen LogP contribution is -2.43. The molecule has 7 nitrogen and oxygen atoms in total. The molecule has 4 rings (SSSR count). The second kappa shape index (κ2) is 8.15. The minimum Gasteiger partial charge on any atom is -0.497 e. The van der Waals surface area contributed by atoms with E-state index in [9.17, 15) is 27.2 Å². The van der Waals surface area contributed by atoms with Crippen molar-refractivity contribution in [2.45, 2.75) is 32.3 Å². The van der Waals surface area contributed by atoms with Crippen molar-refractivity contribution in [2.75, 3.05) is 12.0 Å². The molecule has 1 fully saturated rings. The van der Waals surface area contributed by atoms with Crippen molar-refractivity contribution < 1.29 is 36.6 Å². The van der Waals surface area contributed by atoms with Crippen molar-refractivity contribution in [1.29, 1.82) is 0 Å². The van der Waals surface area contributed by atoms with E-state index < -0.39 is 35.4 Å². The highest BCUT2D eigenvalue weighted by molar-refractivity contribution is 6.23. The Balaban J connectivity index is 1.69. The maximum atomic E-state index is 14.8. The van der Waals surface area contributed by atoms with Crippen LogP contribution in [0.5, 0.6) is 11.5 Å². The summed E-state index contributed by atoms with van der Waals surface area (Å²) < 4.78 is 61.2. The van der Waals surface area contributed by atoms with Crippen LogP contribution in [-0.4, -0.2) is 40.8 Å². The van der Waals surface area contributed by atoms with E-state index in [1.165, 1.54) is 38.0 Å². The third-order valence-corrected chi connectivity index (χ3v) is 5.60. The monoisotopic (exact) mass is 477 g/mol. The summed E-state index contributed by atoms with van der Waals surface area (Å²) in [7, 11) is 1.46. The van der Waals surface area contributed by atoms with Crippen molar-refractivity contribution in [2.24, 2.45) is 0 Å². The molecular weight excluding hydrogens is 458 g/mol. The van der Waals surface area contributed by atoms with Crippen LogP contribution in [0, 0.1) is 5.82 Å². The number of nitrogens with zero attached hydrogens (tertiary/aromatic N) is 3. The Bertz CT molecular complexity index is 1280. The molecule has 0 radical (unpaired) electrons. The largest absolute Gasteiger partial charge is 0.573 e. The van der Waals surface area contributed by atoms with Crippen molar-refractivity contribution in [1.82, 2.24) is 9.88 Å². The van der Waals surface area contributed by atoms with Crippen molar-refractivity contribution >= 4 is 28.5 Å². The van der Waals surface area contributed by atoms with Crippen LogP contribution < -0.4 is 14.4 Å². The van der Waals surface area contributed by atoms with Gasteiger partial charge in [0.15, 0.2) is 0 Å². The lowest BCUT2D eigenvalue weighted by molar-refractivity contribution is -0.274. The van der Waals surface area contributed by atoms with Gasteiger partial charge in [-0.15, -0.1) is 13.2 Å². The average Bonchev–Trinajstić information content (AvgIpc) is 2.94. The van der Waals surface area contributed by atoms with Gasteiger partial charge in [0.25, 0.3) is 5.91 Å². The predicted molar refractivity (Wildman–Crippen MR) is 114 cm³/mol. The number of fused-ring (bicyclic) bond motifs is 1. The highest BCUT2D eigenvalue weighted by Crippen LogP contribution is 2.36. The van der Waals surface area contributed by atoms with Gasteiger partial charge in [0, 0.05) is 10.9 Å². The Labute approximate surface area is 191 Å². The zero-order valence-electron chi connectivity index (χ0n) is 18.3. The molecule has 0 saturated carbocycles. The highest BCUT2D eigenvalue weighted by atomic mass is 19.4. The third kappa shape index (κ3) is 4.09. The molecule has 2 heterocycles. The first-order chi connectivity index (χ1) is 15.9. The van der Waals surface area contributed by atoms with E-state index in [1.807, 2.05) is 0 Å². The van der Waals surface area contributed by atoms with E-state index in [0.717, 1.165) is 23.2 Å². The summed E-state index contributed by atoms with van der Waals surface area (Å²) in [6.07, 6.45) is -3.84. The molecule has 34 heavy (non-hydrogen) atoms. The maximum Gasteiger partial charge on any atom is 0.573 e. The topological polar surface area (TPSA) is 72.0 Å². The van der Waals surface area contributed by atoms with Gasteiger partial charge in [-0.3, -0.25) is 9.78 Å². The maximum absolute atomic E-state index is 14.8. The number of carbonyl (C=O) groups excluding carboxylic acids is 2. The van der Waals surface area contributed by atoms with E-state index in [4.69, 9.17) is 4.74 Å². The molecular formula is C23H19F4N3O4. The number of halogens is 4. The fourth-order valence-corrected chi connectivity index (χ4v) is 3.77. The van der Waals surface area contributed by atoms with Gasteiger partial charge in [-0.1, -0.05) is 0 Å². The second-order valence-electron chi connectivity index (χ2n) is 8.08. The van der Waals surface area contributed by atoms with Crippen LogP contribution in [0.15, 0.2) is 48.7 Å². The molecule has 1 saturated heterocycles. The summed E-state index contributed by atoms with van der Waals surface area (Å²) in [6, 6.07) is 8.51. The van der Waals surface area contributed by atoms with E-state index in [0.29, 0.717) is 16.7 Å². The number of aromatic nitrogens is 1. The lowest BCUT2D eigenvalue weighted by atomic mass is 10.0. The molecule has 0 N–H and O–H groups in total. The van der Waals surface area contributed by atoms with E-state index >= 15 is 0 Å². The number of amides is 3. The molecule has 1 aliphatic heterocycles. The van der Waals surface area contributed by atoms with Gasteiger partial charge in [0.1, 0.15) is 22.9 Å². The quantitative estimate of drug-likeness (QED) is 0.381. The zero-order valence-corrected chi connectivity index (χ0v) is 18.3. The smallest absolute Gasteiger partial charge is 0.497 e. The van der Waals surface area contributed by atoms with Crippen molar-refractivity contribution in [3.8, 4) is 11.5 Å². The standard InChI is InChI=1S/C23H19F4N3O4/c1-22(2)20(31)30(13-4-6-14(7-5-13)34-23(25,26)27)21(32)29(22)12-17-16-10-15(33-3)8-9-19(16)28-11-18(17)24/h4-11H,12H2,1-3H3. The molecule has 3 aromatic rings. The van der Waals surface area contributed by atoms with Crippen molar-refractivity contribution in [3.63, 3.8) is 0 Å². The molecule has 0 spiro atoms. The Kier molecular flexibility index (Phi) is 5.58. The number of hydrogen-bond acceptors (Lipinski definition) is 5. The molecule has 178 valence electrons. The van der Waals surface area contributed by atoms with Crippen LogP contribution in [0.4, 0.5) is 28.0 Å². The molecule has 1 aromatic heterocycles. The molecule has 11 heteroatoms. The predicted octanol–water partition coefficient (Wildman–Crippen LogP) is 5.03. The number of anilines is 1. The first kappa shape index (κ1) is 23.3. The summed E-state index contributed by atoms with van der Waals surface area (Å²) in [5.41, 5.74) is -0.681. The number of hydrogen-bond donors (Lipinski definition) is 0. The minimum atomic E-state index is -4.88. The summed E-state index contributed by atoms with van der Waals surface area (Å²) in [4.78, 5) is 32.5. The number of rotatable bonds is 5. The lowest BCUT2D eigenvalue weighted by Gasteiger charge is -2.28. The van der Waals surface area contributed by atoms with Crippen LogP contribution in [0.3, 0.4) is 0 Å². The Morgan fingerprint density at radius 1 is 1.03 bits per heavy atom. The van der Waals surface area contributed by atoms with Gasteiger partial charge < -0.3 is 14.4 Å². The first-order valence-electron chi connectivity index (χ1n) is 10.1. The molecule has 0 unspecified atom stereocenters. The van der Waals surface area contributed by atoms with Crippen LogP contribution in [0.1, 0.15) is 19.4 Å². The van der Waals surface area contributed by atoms with Gasteiger partial charge in [-0.25, -0.2) is 14.1 Å². The zero-order chi connectivity index (χ0) is 24.8. The number of imide groups is 1. The number of alkyl halides is 3. The van der Waals surface area contributed by atoms with E-state index in [-0.39, 0.29) is 17.8 Å². The third-order valence-electron chi connectivity index (χ3n) is 5.60. The summed E-state index contributed by atoms with van der Waals surface area (Å²) in [5.74, 6) is -1.31. The van der Waals surface area contributed by atoms with Crippen LogP contribution in [0.25, 0.3) is 10.9 Å². The van der Waals surface area contributed by atoms with Crippen LogP contribution >= 0.6 is 0 Å². The number of pyridine rings is 1. The summed E-state index contributed by atoms with van der Waals surface area (Å²) in [6.45, 7) is 2.77. The number of methoxy groups -OCH3 is 1. The summed E-state index contributed by atoms with van der Waals surface area (Å²) >= 11 is 0. The Morgan fingerprint density at radius 2 is 1.68 bits per heavy atom. The molecule has 2 aromatic carbocycles. The number of urea groups is 1. The van der Waals surface area contributed by atoms with E-state index in [2.05, 4.69) is 9.72 Å². The number of ether oxygens (including phenoxy) is 2. The fraction of sp³-hybridized carbons (Fsp3) is 0.261. The van der Waals surface area contributed by atoms with Gasteiger partial charge in [-0.2, -0.15) is 0 Å². The van der Waals surface area contributed by atoms with Gasteiger partial charge in [0.2, 0.25) is 0 Å². The fourth-order valence-electron chi connectivity index (χ4n) is 3.77. The normalized spacial score (nSPS) is 15.9. The molecule has 0 atom stereocenters. The Morgan fingerprint density at radius 3 is 2.29 bits per heavy atom. The van der Waals surface area contributed by atoms with Gasteiger partial charge >= 0.3 is 12.4 Å². The highest BCUT2D eigenvalue weighted by Gasteiger charge is 2.52. The number of benzene rings is 2. The molecule has 3 amide bonds. The number of carbonyl (C=O) groups is 2. The minimum absolute atomic E-state index is 0.0572.